The minimum absolute atomic E-state index is 0. The summed E-state index contributed by atoms with van der Waals surface area (Å²) in [5.41, 5.74) is 4.92. The zero-order valence-corrected chi connectivity index (χ0v) is 19.5. The molecule has 3 aromatic rings. The Morgan fingerprint density at radius 2 is 1.62 bits per heavy atom. The second-order valence-electron chi connectivity index (χ2n) is 8.64. The van der Waals surface area contributed by atoms with Gasteiger partial charge >= 0.3 is 0 Å². The van der Waals surface area contributed by atoms with E-state index in [1.54, 1.807) is 0 Å². The highest BCUT2D eigenvalue weighted by Crippen LogP contribution is 2.39. The Morgan fingerprint density at radius 1 is 0.938 bits per heavy atom. The number of likely N-dealkylation sites (tertiary alicyclic amines) is 1. The van der Waals surface area contributed by atoms with Crippen LogP contribution in [0, 0.1) is 0 Å². The summed E-state index contributed by atoms with van der Waals surface area (Å²) >= 11 is 0. The van der Waals surface area contributed by atoms with Gasteiger partial charge in [0.1, 0.15) is 0 Å². The third-order valence-electron chi connectivity index (χ3n) is 6.44. The van der Waals surface area contributed by atoms with Gasteiger partial charge in [-0.05, 0) is 74.2 Å². The minimum Gasteiger partial charge on any atom is -0.326 e. The van der Waals surface area contributed by atoms with Crippen molar-refractivity contribution in [2.24, 2.45) is 0 Å². The molecule has 1 aromatic heterocycles. The summed E-state index contributed by atoms with van der Waals surface area (Å²) in [6, 6.07) is 25.3. The van der Waals surface area contributed by atoms with Crippen molar-refractivity contribution in [2.45, 2.75) is 44.6 Å². The van der Waals surface area contributed by atoms with E-state index >= 15 is 0 Å². The fourth-order valence-electron chi connectivity index (χ4n) is 4.63. The Balaban J connectivity index is 0.00000289. The van der Waals surface area contributed by atoms with Crippen LogP contribution in [-0.2, 0) is 23.2 Å². The van der Waals surface area contributed by atoms with E-state index in [4.69, 9.17) is 4.98 Å². The molecule has 2 aromatic carbocycles. The Labute approximate surface area is 197 Å². The van der Waals surface area contributed by atoms with Crippen LogP contribution < -0.4 is 5.32 Å². The molecule has 0 radical (unpaired) electrons. The molecule has 4 nitrogen and oxygen atoms in total. The lowest BCUT2D eigenvalue weighted by Crippen LogP contribution is -2.43. The lowest BCUT2D eigenvalue weighted by atomic mass is 9.71. The summed E-state index contributed by atoms with van der Waals surface area (Å²) in [5, 5.41) is 2.83. The number of nitrogens with one attached hydrogen (secondary N) is 1. The molecular formula is C27H32ClN3O. The largest absolute Gasteiger partial charge is 0.326 e. The number of benzene rings is 2. The fourth-order valence-corrected chi connectivity index (χ4v) is 4.63. The van der Waals surface area contributed by atoms with Crippen LogP contribution in [0.4, 0.5) is 5.69 Å². The molecule has 1 aliphatic heterocycles. The third kappa shape index (κ3) is 6.18. The zero-order chi connectivity index (χ0) is 21.5. The first-order chi connectivity index (χ1) is 15.1. The Morgan fingerprint density at radius 3 is 2.25 bits per heavy atom. The van der Waals surface area contributed by atoms with E-state index in [1.165, 1.54) is 23.7 Å². The van der Waals surface area contributed by atoms with E-state index in [9.17, 15) is 4.79 Å². The van der Waals surface area contributed by atoms with Gasteiger partial charge in [-0.25, -0.2) is 0 Å². The molecule has 32 heavy (non-hydrogen) atoms. The second kappa shape index (κ2) is 11.3. The standard InChI is InChI=1S/C27H31N3O.ClH/c1-22(31)29-25-12-10-24(11-13-25)21-30-19-16-27(17-20-30,26-9-5-6-18-28-26)15-14-23-7-3-2-4-8-23;/h2-13,18H,14-17,19-21H2,1H3,(H,29,31);1H. The van der Waals surface area contributed by atoms with Crippen LogP contribution in [0.5, 0.6) is 0 Å². The number of aromatic nitrogens is 1. The maximum Gasteiger partial charge on any atom is 0.221 e. The third-order valence-corrected chi connectivity index (χ3v) is 6.44. The molecule has 0 unspecified atom stereocenters. The van der Waals surface area contributed by atoms with E-state index in [2.05, 4.69) is 64.8 Å². The van der Waals surface area contributed by atoms with Crippen LogP contribution in [0.3, 0.4) is 0 Å². The zero-order valence-electron chi connectivity index (χ0n) is 18.7. The van der Waals surface area contributed by atoms with E-state index in [1.807, 2.05) is 24.4 Å². The van der Waals surface area contributed by atoms with Gasteiger partial charge in [-0.15, -0.1) is 12.4 Å². The highest BCUT2D eigenvalue weighted by molar-refractivity contribution is 5.88. The van der Waals surface area contributed by atoms with E-state index < -0.39 is 0 Å². The number of anilines is 1. The minimum atomic E-state index is -0.0369. The quantitative estimate of drug-likeness (QED) is 0.508. The predicted molar refractivity (Wildman–Crippen MR) is 133 cm³/mol. The first-order valence-electron chi connectivity index (χ1n) is 11.2. The van der Waals surface area contributed by atoms with Crippen LogP contribution in [0.25, 0.3) is 0 Å². The van der Waals surface area contributed by atoms with Crippen molar-refractivity contribution in [2.75, 3.05) is 18.4 Å². The number of carbonyl (C=O) groups is 1. The summed E-state index contributed by atoms with van der Waals surface area (Å²) < 4.78 is 0. The average Bonchev–Trinajstić information content (AvgIpc) is 2.81. The smallest absolute Gasteiger partial charge is 0.221 e. The topological polar surface area (TPSA) is 45.2 Å². The molecule has 5 heteroatoms. The van der Waals surface area contributed by atoms with Crippen LogP contribution in [-0.4, -0.2) is 28.9 Å². The molecule has 1 saturated heterocycles. The van der Waals surface area contributed by atoms with Gasteiger partial charge in [-0.1, -0.05) is 48.5 Å². The van der Waals surface area contributed by atoms with Gasteiger partial charge in [0, 0.05) is 36.5 Å². The lowest BCUT2D eigenvalue weighted by Gasteiger charge is -2.42. The van der Waals surface area contributed by atoms with Crippen molar-refractivity contribution >= 4 is 24.0 Å². The number of nitrogens with zero attached hydrogens (tertiary/aromatic N) is 2. The molecule has 0 saturated carbocycles. The first kappa shape index (κ1) is 24.0. The van der Waals surface area contributed by atoms with E-state index in [0.717, 1.165) is 51.0 Å². The van der Waals surface area contributed by atoms with Crippen LogP contribution >= 0.6 is 12.4 Å². The monoisotopic (exact) mass is 449 g/mol. The van der Waals surface area contributed by atoms with Crippen molar-refractivity contribution in [3.63, 3.8) is 0 Å². The molecule has 1 amide bonds. The van der Waals surface area contributed by atoms with Crippen LogP contribution in [0.2, 0.25) is 0 Å². The van der Waals surface area contributed by atoms with Crippen molar-refractivity contribution in [3.8, 4) is 0 Å². The highest BCUT2D eigenvalue weighted by Gasteiger charge is 2.36. The number of hydrogen-bond acceptors (Lipinski definition) is 3. The Kier molecular flexibility index (Phi) is 8.43. The summed E-state index contributed by atoms with van der Waals surface area (Å²) in [4.78, 5) is 18.5. The predicted octanol–water partition coefficient (Wildman–Crippen LogP) is 5.63. The first-order valence-corrected chi connectivity index (χ1v) is 11.2. The van der Waals surface area contributed by atoms with E-state index in [-0.39, 0.29) is 23.7 Å². The van der Waals surface area contributed by atoms with Crippen molar-refractivity contribution in [3.05, 3.63) is 95.8 Å². The molecule has 0 atom stereocenters. The number of hydrogen-bond donors (Lipinski definition) is 1. The summed E-state index contributed by atoms with van der Waals surface area (Å²) in [6.45, 7) is 4.61. The van der Waals surface area contributed by atoms with Gasteiger partial charge in [0.05, 0.1) is 0 Å². The van der Waals surface area contributed by atoms with Crippen LogP contribution in [0.1, 0.15) is 43.0 Å². The van der Waals surface area contributed by atoms with Gasteiger partial charge in [0.2, 0.25) is 5.91 Å². The van der Waals surface area contributed by atoms with Gasteiger partial charge in [-0.2, -0.15) is 0 Å². The number of rotatable bonds is 7. The number of aryl methyl sites for hydroxylation is 1. The molecule has 0 spiro atoms. The molecule has 4 rings (SSSR count). The van der Waals surface area contributed by atoms with Gasteiger partial charge in [0.15, 0.2) is 0 Å². The maximum atomic E-state index is 11.2. The molecule has 0 aliphatic carbocycles. The Bertz CT molecular complexity index is 969. The second-order valence-corrected chi connectivity index (χ2v) is 8.64. The summed E-state index contributed by atoms with van der Waals surface area (Å²) in [5.74, 6) is -0.0369. The maximum absolute atomic E-state index is 11.2. The number of carbonyl (C=O) groups excluding carboxylic acids is 1. The van der Waals surface area contributed by atoms with Gasteiger partial charge in [0.25, 0.3) is 0 Å². The highest BCUT2D eigenvalue weighted by atomic mass is 35.5. The molecule has 2 heterocycles. The molecule has 1 N–H and O–H groups in total. The summed E-state index contributed by atoms with van der Waals surface area (Å²) in [6.07, 6.45) is 6.40. The number of halogens is 1. The molecular weight excluding hydrogens is 418 g/mol. The molecule has 1 fully saturated rings. The number of amides is 1. The van der Waals surface area contributed by atoms with Crippen molar-refractivity contribution < 1.29 is 4.79 Å². The lowest BCUT2D eigenvalue weighted by molar-refractivity contribution is -0.114. The van der Waals surface area contributed by atoms with Crippen LogP contribution in [0.15, 0.2) is 79.0 Å². The normalized spacial score (nSPS) is 15.5. The number of piperidine rings is 1. The molecule has 1 aliphatic rings. The van der Waals surface area contributed by atoms with E-state index in [0.29, 0.717) is 0 Å². The fraction of sp³-hybridized carbons (Fsp3) is 0.333. The average molecular weight is 450 g/mol. The van der Waals surface area contributed by atoms with Crippen molar-refractivity contribution in [1.29, 1.82) is 0 Å². The van der Waals surface area contributed by atoms with Gasteiger partial charge in [-0.3, -0.25) is 14.7 Å². The molecule has 168 valence electrons. The molecule has 0 bridgehead atoms. The van der Waals surface area contributed by atoms with Crippen molar-refractivity contribution in [1.82, 2.24) is 9.88 Å². The SMILES string of the molecule is CC(=O)Nc1ccc(CN2CCC(CCc3ccccc3)(c3ccccn3)CC2)cc1.Cl. The Hall–Kier alpha value is -2.69. The summed E-state index contributed by atoms with van der Waals surface area (Å²) in [7, 11) is 0. The van der Waals surface area contributed by atoms with Gasteiger partial charge < -0.3 is 5.32 Å². The number of pyridine rings is 1.